The number of rotatable bonds is 9. The van der Waals surface area contributed by atoms with Crippen molar-refractivity contribution in [3.05, 3.63) is 47.0 Å². The zero-order valence-electron chi connectivity index (χ0n) is 18.2. The molecule has 8 heteroatoms. The fraction of sp³-hybridized carbons (Fsp3) is 0.545. The molecule has 7 nitrogen and oxygen atoms in total. The van der Waals surface area contributed by atoms with Crippen LogP contribution in [0, 0.1) is 19.8 Å². The highest BCUT2D eigenvalue weighted by molar-refractivity contribution is 14.0. The van der Waals surface area contributed by atoms with E-state index in [0.29, 0.717) is 30.8 Å². The van der Waals surface area contributed by atoms with Gasteiger partial charge in [-0.05, 0) is 58.1 Å². The molecule has 2 aromatic heterocycles. The molecular weight excluding hydrogens is 495 g/mol. The van der Waals surface area contributed by atoms with Gasteiger partial charge in [-0.3, -0.25) is 0 Å². The number of aliphatic hydroxyl groups is 1. The molecule has 1 fully saturated rings. The number of hydrogen-bond acceptors (Lipinski definition) is 5. The number of aliphatic imine (C=N–C) groups is 1. The topological polar surface area (TPSA) is 91.9 Å². The molecule has 2 aromatic rings. The van der Waals surface area contributed by atoms with E-state index in [-0.39, 0.29) is 24.0 Å². The molecule has 2 heterocycles. The van der Waals surface area contributed by atoms with Crippen LogP contribution in [-0.4, -0.2) is 35.7 Å². The molecule has 1 unspecified atom stereocenters. The summed E-state index contributed by atoms with van der Waals surface area (Å²) < 4.78 is 11.2. The summed E-state index contributed by atoms with van der Waals surface area (Å²) in [5.41, 5.74) is 0.707. The SMILES string of the molecule is CCNC(=NCc1ccc(OCC2CC2)nc1)NCC(C)(O)c1cc(C)oc1C.I. The van der Waals surface area contributed by atoms with Crippen LogP contribution in [0.15, 0.2) is 33.8 Å². The van der Waals surface area contributed by atoms with Crippen LogP contribution in [0.4, 0.5) is 0 Å². The lowest BCUT2D eigenvalue weighted by atomic mass is 9.96. The Morgan fingerprint density at radius 2 is 2.10 bits per heavy atom. The molecule has 0 aromatic carbocycles. The van der Waals surface area contributed by atoms with Gasteiger partial charge in [-0.15, -0.1) is 24.0 Å². The molecule has 0 bridgehead atoms. The van der Waals surface area contributed by atoms with Crippen molar-refractivity contribution in [2.24, 2.45) is 10.9 Å². The van der Waals surface area contributed by atoms with E-state index < -0.39 is 5.60 Å². The zero-order valence-corrected chi connectivity index (χ0v) is 20.5. The van der Waals surface area contributed by atoms with Crippen molar-refractivity contribution in [2.45, 2.75) is 52.7 Å². The molecule has 0 spiro atoms. The Labute approximate surface area is 195 Å². The number of nitrogens with zero attached hydrogens (tertiary/aromatic N) is 2. The molecule has 166 valence electrons. The number of aromatic nitrogens is 1. The van der Waals surface area contributed by atoms with E-state index in [2.05, 4.69) is 20.6 Å². The van der Waals surface area contributed by atoms with Gasteiger partial charge in [-0.25, -0.2) is 9.98 Å². The molecule has 3 N–H and O–H groups in total. The van der Waals surface area contributed by atoms with E-state index in [1.54, 1.807) is 13.1 Å². The standard InChI is InChI=1S/C22H32N4O3.HI/c1-5-23-21(26-14-22(4,27)19-10-15(2)29-16(19)3)25-12-18-8-9-20(24-11-18)28-13-17-6-7-17;/h8-11,17,27H,5-7,12-14H2,1-4H3,(H2,23,25,26);1H. The first-order chi connectivity index (χ1) is 13.9. The monoisotopic (exact) mass is 528 g/mol. The molecule has 1 saturated carbocycles. The number of aryl methyl sites for hydroxylation is 2. The number of halogens is 1. The summed E-state index contributed by atoms with van der Waals surface area (Å²) >= 11 is 0. The van der Waals surface area contributed by atoms with Crippen LogP contribution < -0.4 is 15.4 Å². The largest absolute Gasteiger partial charge is 0.477 e. The molecule has 30 heavy (non-hydrogen) atoms. The average molecular weight is 528 g/mol. The first-order valence-corrected chi connectivity index (χ1v) is 10.3. The van der Waals surface area contributed by atoms with Gasteiger partial charge < -0.3 is 24.9 Å². The number of nitrogens with one attached hydrogen (secondary N) is 2. The van der Waals surface area contributed by atoms with Crippen LogP contribution in [0.1, 0.15) is 49.3 Å². The molecule has 0 radical (unpaired) electrons. The van der Waals surface area contributed by atoms with Crippen molar-refractivity contribution in [3.8, 4) is 5.88 Å². The van der Waals surface area contributed by atoms with E-state index in [1.807, 2.05) is 39.0 Å². The number of guanidine groups is 1. The minimum Gasteiger partial charge on any atom is -0.477 e. The molecule has 1 aliphatic rings. The second kappa shape index (κ2) is 11.0. The van der Waals surface area contributed by atoms with Gasteiger partial charge >= 0.3 is 0 Å². The van der Waals surface area contributed by atoms with Gasteiger partial charge in [-0.1, -0.05) is 6.07 Å². The molecule has 1 atom stereocenters. The van der Waals surface area contributed by atoms with Crippen molar-refractivity contribution in [1.29, 1.82) is 0 Å². The maximum Gasteiger partial charge on any atom is 0.213 e. The second-order valence-electron chi connectivity index (χ2n) is 7.91. The predicted octanol–water partition coefficient (Wildman–Crippen LogP) is 3.66. The fourth-order valence-electron chi connectivity index (χ4n) is 3.11. The normalized spacial score (nSPS) is 15.8. The second-order valence-corrected chi connectivity index (χ2v) is 7.91. The highest BCUT2D eigenvalue weighted by atomic mass is 127. The van der Waals surface area contributed by atoms with Crippen LogP contribution in [0.5, 0.6) is 5.88 Å². The zero-order chi connectivity index (χ0) is 20.9. The summed E-state index contributed by atoms with van der Waals surface area (Å²) in [6.07, 6.45) is 4.32. The molecule has 3 rings (SSSR count). The Morgan fingerprint density at radius 1 is 1.33 bits per heavy atom. The van der Waals surface area contributed by atoms with Crippen molar-refractivity contribution in [2.75, 3.05) is 19.7 Å². The van der Waals surface area contributed by atoms with Crippen LogP contribution in [-0.2, 0) is 12.1 Å². The Hall–Kier alpha value is -1.81. The summed E-state index contributed by atoms with van der Waals surface area (Å²) in [6, 6.07) is 5.75. The summed E-state index contributed by atoms with van der Waals surface area (Å²) in [5, 5.41) is 17.3. The Kier molecular flexibility index (Phi) is 8.96. The number of ether oxygens (including phenoxy) is 1. The lowest BCUT2D eigenvalue weighted by Gasteiger charge is -2.24. The van der Waals surface area contributed by atoms with E-state index in [0.717, 1.165) is 35.8 Å². The van der Waals surface area contributed by atoms with Crippen molar-refractivity contribution in [1.82, 2.24) is 15.6 Å². The maximum absolute atomic E-state index is 10.9. The number of pyridine rings is 1. The van der Waals surface area contributed by atoms with E-state index in [1.165, 1.54) is 12.8 Å². The van der Waals surface area contributed by atoms with E-state index in [4.69, 9.17) is 9.15 Å². The summed E-state index contributed by atoms with van der Waals surface area (Å²) in [6.45, 7) is 9.79. The summed E-state index contributed by atoms with van der Waals surface area (Å²) in [4.78, 5) is 8.96. The first kappa shape index (κ1) is 24.5. The lowest BCUT2D eigenvalue weighted by molar-refractivity contribution is 0.0601. The molecule has 0 saturated heterocycles. The third-order valence-corrected chi connectivity index (χ3v) is 4.95. The number of furan rings is 1. The van der Waals surface area contributed by atoms with E-state index in [9.17, 15) is 5.11 Å². The van der Waals surface area contributed by atoms with Crippen molar-refractivity contribution in [3.63, 3.8) is 0 Å². The Morgan fingerprint density at radius 3 is 2.67 bits per heavy atom. The van der Waals surface area contributed by atoms with Crippen LogP contribution in [0.25, 0.3) is 0 Å². The van der Waals surface area contributed by atoms with Gasteiger partial charge in [0.1, 0.15) is 17.1 Å². The highest BCUT2D eigenvalue weighted by Crippen LogP contribution is 2.29. The Balaban J connectivity index is 0.00000320. The van der Waals surface area contributed by atoms with E-state index >= 15 is 0 Å². The smallest absolute Gasteiger partial charge is 0.213 e. The highest BCUT2D eigenvalue weighted by Gasteiger charge is 2.28. The van der Waals surface area contributed by atoms with Crippen molar-refractivity contribution < 1.29 is 14.3 Å². The first-order valence-electron chi connectivity index (χ1n) is 10.3. The Bertz CT molecular complexity index is 829. The summed E-state index contributed by atoms with van der Waals surface area (Å²) in [7, 11) is 0. The van der Waals surface area contributed by atoms with Crippen LogP contribution in [0.2, 0.25) is 0 Å². The van der Waals surface area contributed by atoms with Crippen molar-refractivity contribution >= 4 is 29.9 Å². The predicted molar refractivity (Wildman–Crippen MR) is 128 cm³/mol. The van der Waals surface area contributed by atoms with Gasteiger partial charge in [0.25, 0.3) is 0 Å². The quantitative estimate of drug-likeness (QED) is 0.262. The van der Waals surface area contributed by atoms with Gasteiger partial charge in [0.15, 0.2) is 5.96 Å². The molecule has 0 amide bonds. The minimum atomic E-state index is -1.07. The molecule has 1 aliphatic carbocycles. The third kappa shape index (κ3) is 7.16. The van der Waals surface area contributed by atoms with Gasteiger partial charge in [0, 0.05) is 24.4 Å². The maximum atomic E-state index is 10.9. The fourth-order valence-corrected chi connectivity index (χ4v) is 3.11. The third-order valence-electron chi connectivity index (χ3n) is 4.95. The molecule has 0 aliphatic heterocycles. The van der Waals surface area contributed by atoms with Crippen LogP contribution >= 0.6 is 24.0 Å². The van der Waals surface area contributed by atoms with Crippen LogP contribution in [0.3, 0.4) is 0 Å². The lowest BCUT2D eigenvalue weighted by Crippen LogP contribution is -2.44. The molecular formula is C22H33IN4O3. The van der Waals surface area contributed by atoms with Gasteiger partial charge in [0.2, 0.25) is 5.88 Å². The summed E-state index contributed by atoms with van der Waals surface area (Å²) in [5.74, 6) is 3.53. The van der Waals surface area contributed by atoms with Gasteiger partial charge in [-0.2, -0.15) is 0 Å². The average Bonchev–Trinajstić information content (AvgIpc) is 3.45. The minimum absolute atomic E-state index is 0. The van der Waals surface area contributed by atoms with Gasteiger partial charge in [0.05, 0.1) is 19.7 Å². The number of hydrogen-bond donors (Lipinski definition) is 3.